The second kappa shape index (κ2) is 5.68. The molecule has 1 aromatic rings. The highest BCUT2D eigenvalue weighted by molar-refractivity contribution is 5.37. The number of halogens is 1. The molecule has 20 heavy (non-hydrogen) atoms. The zero-order valence-electron chi connectivity index (χ0n) is 11.4. The van der Waals surface area contributed by atoms with Crippen molar-refractivity contribution in [2.75, 3.05) is 26.4 Å². The smallest absolute Gasteiger partial charge is 0.126 e. The fourth-order valence-corrected chi connectivity index (χ4v) is 2.80. The Labute approximate surface area is 118 Å². The zero-order valence-corrected chi connectivity index (χ0v) is 11.4. The van der Waals surface area contributed by atoms with Crippen LogP contribution in [-0.4, -0.2) is 38.1 Å². The molecule has 1 aromatic carbocycles. The van der Waals surface area contributed by atoms with E-state index in [0.717, 1.165) is 24.2 Å². The highest BCUT2D eigenvalue weighted by Gasteiger charge is 2.34. The number of fused-ring (bicyclic) bond motifs is 1. The van der Waals surface area contributed by atoms with Gasteiger partial charge in [-0.15, -0.1) is 0 Å². The average Bonchev–Trinajstić information content (AvgIpc) is 2.88. The summed E-state index contributed by atoms with van der Waals surface area (Å²) in [5.41, 5.74) is 6.48. The van der Waals surface area contributed by atoms with Gasteiger partial charge in [0.1, 0.15) is 17.7 Å². The van der Waals surface area contributed by atoms with Gasteiger partial charge < -0.3 is 19.9 Å². The lowest BCUT2D eigenvalue weighted by Crippen LogP contribution is -2.47. The Bertz CT molecular complexity index is 474. The van der Waals surface area contributed by atoms with Gasteiger partial charge in [-0.25, -0.2) is 4.39 Å². The average molecular weight is 281 g/mol. The molecule has 1 fully saturated rings. The van der Waals surface area contributed by atoms with Crippen molar-refractivity contribution in [3.05, 3.63) is 29.6 Å². The molecule has 1 atom stereocenters. The fourth-order valence-electron chi connectivity index (χ4n) is 2.80. The summed E-state index contributed by atoms with van der Waals surface area (Å²) >= 11 is 0. The first-order valence-electron chi connectivity index (χ1n) is 7.08. The highest BCUT2D eigenvalue weighted by atomic mass is 19.1. The third-order valence-corrected chi connectivity index (χ3v) is 4.12. The molecule has 5 heteroatoms. The van der Waals surface area contributed by atoms with Gasteiger partial charge in [-0.2, -0.15) is 0 Å². The Morgan fingerprint density at radius 2 is 2.15 bits per heavy atom. The molecular weight excluding hydrogens is 261 g/mol. The summed E-state index contributed by atoms with van der Waals surface area (Å²) in [5, 5.41) is 0. The molecule has 0 aliphatic carbocycles. The van der Waals surface area contributed by atoms with Gasteiger partial charge >= 0.3 is 0 Å². The molecule has 0 saturated carbocycles. The third-order valence-electron chi connectivity index (χ3n) is 4.12. The molecule has 1 saturated heterocycles. The van der Waals surface area contributed by atoms with Crippen molar-refractivity contribution >= 4 is 0 Å². The Kier molecular flexibility index (Phi) is 3.92. The van der Waals surface area contributed by atoms with Crippen LogP contribution in [0.25, 0.3) is 0 Å². The second-order valence-corrected chi connectivity index (χ2v) is 5.51. The van der Waals surface area contributed by atoms with E-state index in [2.05, 4.69) is 0 Å². The lowest BCUT2D eigenvalue weighted by atomic mass is 9.94. The summed E-state index contributed by atoms with van der Waals surface area (Å²) < 4.78 is 30.3. The first-order chi connectivity index (χ1) is 9.71. The first kappa shape index (κ1) is 13.8. The Morgan fingerprint density at radius 3 is 2.90 bits per heavy atom. The molecule has 2 heterocycles. The van der Waals surface area contributed by atoms with Gasteiger partial charge in [0, 0.05) is 44.6 Å². The topological polar surface area (TPSA) is 53.7 Å². The van der Waals surface area contributed by atoms with Crippen LogP contribution in [0, 0.1) is 5.82 Å². The zero-order chi connectivity index (χ0) is 14.0. The number of rotatable bonds is 4. The van der Waals surface area contributed by atoms with Gasteiger partial charge in [-0.05, 0) is 18.2 Å². The van der Waals surface area contributed by atoms with Crippen LogP contribution in [0.2, 0.25) is 0 Å². The largest absolute Gasteiger partial charge is 0.487 e. The van der Waals surface area contributed by atoms with E-state index in [1.807, 2.05) is 0 Å². The number of ether oxygens (including phenoxy) is 3. The minimum Gasteiger partial charge on any atom is -0.487 e. The Balaban J connectivity index is 1.57. The lowest BCUT2D eigenvalue weighted by molar-refractivity contribution is -0.119. The highest BCUT2D eigenvalue weighted by Crippen LogP contribution is 2.31. The molecular formula is C15H20FNO3. The molecule has 0 bridgehead atoms. The van der Waals surface area contributed by atoms with Crippen molar-refractivity contribution in [2.45, 2.75) is 31.0 Å². The summed E-state index contributed by atoms with van der Waals surface area (Å²) in [6.07, 6.45) is 2.26. The maximum atomic E-state index is 13.2. The molecule has 0 amide bonds. The first-order valence-corrected chi connectivity index (χ1v) is 7.08. The van der Waals surface area contributed by atoms with E-state index in [0.29, 0.717) is 32.8 Å². The van der Waals surface area contributed by atoms with Gasteiger partial charge in [0.05, 0.1) is 12.2 Å². The van der Waals surface area contributed by atoms with E-state index in [1.165, 1.54) is 12.1 Å². The number of benzene rings is 1. The normalized spacial score (nSPS) is 24.2. The summed E-state index contributed by atoms with van der Waals surface area (Å²) in [5.74, 6) is 0.533. The van der Waals surface area contributed by atoms with Crippen molar-refractivity contribution < 1.29 is 18.6 Å². The standard InChI is InChI=1S/C15H20FNO3/c16-12-1-2-14-11(7-12)8-13(20-14)9-19-15(10-17)3-5-18-6-4-15/h1-2,7,13H,3-6,8-10,17H2. The molecule has 2 N–H and O–H groups in total. The monoisotopic (exact) mass is 281 g/mol. The SMILES string of the molecule is NCC1(OCC2Cc3cc(F)ccc3O2)CCOCC1. The molecule has 3 rings (SSSR count). The van der Waals surface area contributed by atoms with Crippen molar-refractivity contribution in [3.8, 4) is 5.75 Å². The van der Waals surface area contributed by atoms with E-state index in [-0.39, 0.29) is 17.5 Å². The van der Waals surface area contributed by atoms with Gasteiger partial charge in [0.2, 0.25) is 0 Å². The van der Waals surface area contributed by atoms with Crippen LogP contribution in [0.3, 0.4) is 0 Å². The van der Waals surface area contributed by atoms with Crippen LogP contribution in [-0.2, 0) is 15.9 Å². The van der Waals surface area contributed by atoms with Gasteiger partial charge in [-0.1, -0.05) is 0 Å². The second-order valence-electron chi connectivity index (χ2n) is 5.51. The number of hydrogen-bond donors (Lipinski definition) is 1. The van der Waals surface area contributed by atoms with Crippen LogP contribution in [0.1, 0.15) is 18.4 Å². The van der Waals surface area contributed by atoms with Crippen LogP contribution >= 0.6 is 0 Å². The van der Waals surface area contributed by atoms with Crippen molar-refractivity contribution in [1.82, 2.24) is 0 Å². The molecule has 0 radical (unpaired) electrons. The van der Waals surface area contributed by atoms with E-state index < -0.39 is 0 Å². The maximum absolute atomic E-state index is 13.2. The number of hydrogen-bond acceptors (Lipinski definition) is 4. The Morgan fingerprint density at radius 1 is 1.35 bits per heavy atom. The van der Waals surface area contributed by atoms with Crippen LogP contribution in [0.15, 0.2) is 18.2 Å². The van der Waals surface area contributed by atoms with Crippen molar-refractivity contribution in [1.29, 1.82) is 0 Å². The van der Waals surface area contributed by atoms with Crippen LogP contribution in [0.4, 0.5) is 4.39 Å². The predicted molar refractivity (Wildman–Crippen MR) is 72.3 cm³/mol. The molecule has 0 aromatic heterocycles. The quantitative estimate of drug-likeness (QED) is 0.912. The minimum atomic E-state index is -0.290. The Hall–Kier alpha value is -1.17. The van der Waals surface area contributed by atoms with Crippen LogP contribution in [0.5, 0.6) is 5.75 Å². The predicted octanol–water partition coefficient (Wildman–Crippen LogP) is 1.65. The molecule has 4 nitrogen and oxygen atoms in total. The minimum absolute atomic E-state index is 0.0573. The molecule has 110 valence electrons. The third kappa shape index (κ3) is 2.80. The fraction of sp³-hybridized carbons (Fsp3) is 0.600. The van der Waals surface area contributed by atoms with Gasteiger partial charge in [0.15, 0.2) is 0 Å². The van der Waals surface area contributed by atoms with Gasteiger partial charge in [-0.3, -0.25) is 0 Å². The molecule has 1 unspecified atom stereocenters. The number of nitrogens with two attached hydrogens (primary N) is 1. The summed E-state index contributed by atoms with van der Waals surface area (Å²) in [6.45, 7) is 2.35. The van der Waals surface area contributed by atoms with E-state index >= 15 is 0 Å². The molecule has 2 aliphatic rings. The molecule has 0 spiro atoms. The van der Waals surface area contributed by atoms with Gasteiger partial charge in [0.25, 0.3) is 0 Å². The lowest BCUT2D eigenvalue weighted by Gasteiger charge is -2.36. The van der Waals surface area contributed by atoms with E-state index in [4.69, 9.17) is 19.9 Å². The summed E-state index contributed by atoms with van der Waals surface area (Å²) in [7, 11) is 0. The summed E-state index contributed by atoms with van der Waals surface area (Å²) in [4.78, 5) is 0. The van der Waals surface area contributed by atoms with Crippen molar-refractivity contribution in [2.24, 2.45) is 5.73 Å². The van der Waals surface area contributed by atoms with Crippen molar-refractivity contribution in [3.63, 3.8) is 0 Å². The maximum Gasteiger partial charge on any atom is 0.126 e. The van der Waals surface area contributed by atoms with E-state index in [1.54, 1.807) is 6.07 Å². The van der Waals surface area contributed by atoms with E-state index in [9.17, 15) is 4.39 Å². The summed E-state index contributed by atoms with van der Waals surface area (Å²) in [6, 6.07) is 4.63. The van der Waals surface area contributed by atoms with Crippen LogP contribution < -0.4 is 10.5 Å². The molecule has 2 aliphatic heterocycles.